The Labute approximate surface area is 104 Å². The fourth-order valence-corrected chi connectivity index (χ4v) is 2.04. The molecule has 0 spiro atoms. The molecule has 0 fully saturated rings. The van der Waals surface area contributed by atoms with Crippen LogP contribution in [0.1, 0.15) is 17.0 Å². The molecule has 0 saturated heterocycles. The van der Waals surface area contributed by atoms with E-state index in [0.717, 1.165) is 6.07 Å². The second-order valence-electron chi connectivity index (χ2n) is 3.66. The van der Waals surface area contributed by atoms with Crippen molar-refractivity contribution in [3.8, 4) is 0 Å². The van der Waals surface area contributed by atoms with Gasteiger partial charge < -0.3 is 0 Å². The average Bonchev–Trinajstić information content (AvgIpc) is 2.17. The molecule has 1 aromatic rings. The predicted octanol–water partition coefficient (Wildman–Crippen LogP) is 2.84. The Morgan fingerprint density at radius 1 is 1.11 bits per heavy atom. The lowest BCUT2D eigenvalue weighted by Crippen LogP contribution is -2.26. The van der Waals surface area contributed by atoms with Crippen molar-refractivity contribution < 1.29 is 34.8 Å². The van der Waals surface area contributed by atoms with Crippen molar-refractivity contribution in [3.63, 3.8) is 0 Å². The minimum atomic E-state index is -5.69. The number of nitrogens with zero attached hydrogens (tertiary/aromatic N) is 1. The van der Waals surface area contributed by atoms with E-state index in [4.69, 9.17) is 0 Å². The first-order chi connectivity index (χ1) is 8.34. The normalized spacial score (nSPS) is 13.6. The maximum Gasteiger partial charge on any atom is 0.497 e. The lowest BCUT2D eigenvalue weighted by Gasteiger charge is -2.13. The monoisotopic (exact) mass is 307 g/mol. The number of aromatic nitrogens is 1. The molecule has 1 heterocycles. The van der Waals surface area contributed by atoms with Crippen LogP contribution in [0.5, 0.6) is 0 Å². The second-order valence-corrected chi connectivity index (χ2v) is 5.64. The third-order valence-corrected chi connectivity index (χ3v) is 3.48. The summed E-state index contributed by atoms with van der Waals surface area (Å²) in [4.78, 5) is 3.05. The van der Waals surface area contributed by atoms with Crippen molar-refractivity contribution in [1.29, 1.82) is 0 Å². The molecule has 108 valence electrons. The summed E-state index contributed by atoms with van der Waals surface area (Å²) in [5.74, 6) is -1.79. The number of aryl methyl sites for hydroxylation is 1. The Balaban J connectivity index is 3.31. The molecule has 0 aliphatic rings. The van der Waals surface area contributed by atoms with E-state index in [0.29, 0.717) is 6.07 Å². The van der Waals surface area contributed by atoms with E-state index >= 15 is 0 Å². The first kappa shape index (κ1) is 15.7. The Kier molecular flexibility index (Phi) is 3.86. The number of hydrogen-bond acceptors (Lipinski definition) is 3. The molecule has 0 radical (unpaired) electrons. The number of rotatable bonds is 2. The van der Waals surface area contributed by atoms with Crippen LogP contribution in [-0.4, -0.2) is 18.9 Å². The van der Waals surface area contributed by atoms with Gasteiger partial charge in [0.2, 0.25) is 0 Å². The summed E-state index contributed by atoms with van der Waals surface area (Å²) in [7, 11) is -5.69. The zero-order valence-electron chi connectivity index (χ0n) is 9.30. The van der Waals surface area contributed by atoms with E-state index < -0.39 is 38.5 Å². The van der Waals surface area contributed by atoms with Crippen LogP contribution >= 0.6 is 0 Å². The van der Waals surface area contributed by atoms with E-state index in [-0.39, 0.29) is 5.69 Å². The summed E-state index contributed by atoms with van der Waals surface area (Å²) in [6, 6.07) is 1.69. The largest absolute Gasteiger partial charge is 0.497 e. The van der Waals surface area contributed by atoms with E-state index in [1.54, 1.807) is 0 Å². The summed E-state index contributed by atoms with van der Waals surface area (Å²) < 4.78 is 95.8. The molecule has 0 bridgehead atoms. The fraction of sp³-hybridized carbons (Fsp3) is 0.444. The molecule has 1 aromatic heterocycles. The van der Waals surface area contributed by atoms with Gasteiger partial charge >= 0.3 is 11.7 Å². The molecular weight excluding hydrogens is 300 g/mol. The van der Waals surface area contributed by atoms with Gasteiger partial charge in [-0.3, -0.25) is 0 Å². The van der Waals surface area contributed by atoms with Crippen molar-refractivity contribution in [3.05, 3.63) is 29.1 Å². The van der Waals surface area contributed by atoms with Crippen LogP contribution in [0.2, 0.25) is 0 Å². The SMILES string of the molecule is Cc1ccc(CS(=O)(=O)C(F)(F)F)c(C(F)(F)F)n1. The smallest absolute Gasteiger partial charge is 0.248 e. The van der Waals surface area contributed by atoms with Crippen LogP contribution < -0.4 is 0 Å². The standard InChI is InChI=1S/C9H7F6NO2S/c1-5-2-3-6(7(16-5)8(10,11)12)4-19(17,18)9(13,14)15/h2-3H,4H2,1H3. The van der Waals surface area contributed by atoms with Crippen molar-refractivity contribution in [2.75, 3.05) is 0 Å². The molecule has 0 aromatic carbocycles. The highest BCUT2D eigenvalue weighted by atomic mass is 32.2. The molecule has 19 heavy (non-hydrogen) atoms. The van der Waals surface area contributed by atoms with Crippen LogP contribution in [0, 0.1) is 6.92 Å². The molecule has 0 atom stereocenters. The van der Waals surface area contributed by atoms with Crippen LogP contribution in [0.3, 0.4) is 0 Å². The minimum absolute atomic E-state index is 0.0829. The maximum absolute atomic E-state index is 12.6. The van der Waals surface area contributed by atoms with Gasteiger partial charge in [-0.1, -0.05) is 6.07 Å². The lowest BCUT2D eigenvalue weighted by molar-refractivity contribution is -0.141. The van der Waals surface area contributed by atoms with Crippen LogP contribution in [0.4, 0.5) is 26.3 Å². The van der Waals surface area contributed by atoms with Crippen molar-refractivity contribution >= 4 is 9.84 Å². The minimum Gasteiger partial charge on any atom is -0.248 e. The molecule has 0 saturated carbocycles. The van der Waals surface area contributed by atoms with Crippen LogP contribution in [0.15, 0.2) is 12.1 Å². The van der Waals surface area contributed by atoms with Gasteiger partial charge in [0, 0.05) is 5.69 Å². The molecule has 3 nitrogen and oxygen atoms in total. The van der Waals surface area contributed by atoms with Gasteiger partial charge in [0.05, 0.1) is 5.75 Å². The summed E-state index contributed by atoms with van der Waals surface area (Å²) in [5, 5.41) is 0. The number of halogens is 6. The molecule has 1 rings (SSSR count). The fourth-order valence-electron chi connectivity index (χ4n) is 1.23. The molecule has 0 aliphatic heterocycles. The topological polar surface area (TPSA) is 47.0 Å². The van der Waals surface area contributed by atoms with E-state index in [1.165, 1.54) is 6.92 Å². The number of hydrogen-bond donors (Lipinski definition) is 0. The molecular formula is C9H7F6NO2S. The summed E-state index contributed by atoms with van der Waals surface area (Å²) in [5.41, 5.74) is -8.35. The summed E-state index contributed by atoms with van der Waals surface area (Å²) in [6.45, 7) is 1.21. The summed E-state index contributed by atoms with van der Waals surface area (Å²) in [6.07, 6.45) is -5.03. The van der Waals surface area contributed by atoms with Crippen molar-refractivity contribution in [1.82, 2.24) is 4.98 Å². The number of alkyl halides is 6. The molecule has 0 N–H and O–H groups in total. The third kappa shape index (κ3) is 3.58. The molecule has 0 amide bonds. The van der Waals surface area contributed by atoms with Crippen LogP contribution in [0.25, 0.3) is 0 Å². The molecule has 0 aliphatic carbocycles. The molecule has 0 unspecified atom stereocenters. The zero-order chi connectivity index (χ0) is 15.1. The van der Waals surface area contributed by atoms with Gasteiger partial charge in [-0.15, -0.1) is 0 Å². The highest BCUT2D eigenvalue weighted by Gasteiger charge is 2.47. The van der Waals surface area contributed by atoms with Gasteiger partial charge in [-0.25, -0.2) is 13.4 Å². The van der Waals surface area contributed by atoms with Gasteiger partial charge in [-0.05, 0) is 18.6 Å². The van der Waals surface area contributed by atoms with E-state index in [1.807, 2.05) is 0 Å². The predicted molar refractivity (Wildman–Crippen MR) is 52.7 cm³/mol. The highest BCUT2D eigenvalue weighted by molar-refractivity contribution is 7.91. The highest BCUT2D eigenvalue weighted by Crippen LogP contribution is 2.34. The van der Waals surface area contributed by atoms with E-state index in [9.17, 15) is 34.8 Å². The lowest BCUT2D eigenvalue weighted by atomic mass is 10.2. The van der Waals surface area contributed by atoms with E-state index in [2.05, 4.69) is 4.98 Å². The van der Waals surface area contributed by atoms with Gasteiger partial charge in [-0.2, -0.15) is 26.3 Å². The first-order valence-corrected chi connectivity index (χ1v) is 6.32. The Hall–Kier alpha value is -1.32. The van der Waals surface area contributed by atoms with Crippen molar-refractivity contribution in [2.45, 2.75) is 24.4 Å². The third-order valence-electron chi connectivity index (χ3n) is 2.08. The van der Waals surface area contributed by atoms with Crippen molar-refractivity contribution in [2.24, 2.45) is 0 Å². The van der Waals surface area contributed by atoms with Gasteiger partial charge in [0.25, 0.3) is 9.84 Å². The average molecular weight is 307 g/mol. The first-order valence-electron chi connectivity index (χ1n) is 4.67. The summed E-state index contributed by atoms with van der Waals surface area (Å²) >= 11 is 0. The zero-order valence-corrected chi connectivity index (χ0v) is 10.1. The molecule has 10 heteroatoms. The Morgan fingerprint density at radius 3 is 2.05 bits per heavy atom. The number of sulfone groups is 1. The van der Waals surface area contributed by atoms with Gasteiger partial charge in [0.15, 0.2) is 0 Å². The van der Waals surface area contributed by atoms with Crippen LogP contribution in [-0.2, 0) is 21.8 Å². The number of pyridine rings is 1. The van der Waals surface area contributed by atoms with Gasteiger partial charge in [0.1, 0.15) is 5.69 Å². The Morgan fingerprint density at radius 2 is 1.63 bits per heavy atom. The Bertz CT molecular complexity index is 575. The maximum atomic E-state index is 12.6. The quantitative estimate of drug-likeness (QED) is 0.789. The second kappa shape index (κ2) is 4.66.